The van der Waals surface area contributed by atoms with Gasteiger partial charge in [0.2, 0.25) is 15.9 Å². The standard InChI is InChI=1S/C16H23FN2O3S/c1-11(2)16(20)18-14-6-8-19(9-7-14)23(21,22)15-5-4-13(17)10-12(15)3/h4-5,10-11,14H,6-9H2,1-3H3,(H,18,20). The van der Waals surface area contributed by atoms with Gasteiger partial charge in [0.1, 0.15) is 5.82 Å². The Morgan fingerprint density at radius 3 is 2.43 bits per heavy atom. The van der Waals surface area contributed by atoms with Crippen molar-refractivity contribution in [2.24, 2.45) is 5.92 Å². The number of hydrogen-bond acceptors (Lipinski definition) is 3. The van der Waals surface area contributed by atoms with Gasteiger partial charge in [-0.2, -0.15) is 4.31 Å². The molecule has 0 saturated carbocycles. The van der Waals surface area contributed by atoms with Crippen LogP contribution < -0.4 is 5.32 Å². The van der Waals surface area contributed by atoms with E-state index in [0.29, 0.717) is 31.5 Å². The van der Waals surface area contributed by atoms with Crippen LogP contribution in [0, 0.1) is 18.7 Å². The van der Waals surface area contributed by atoms with E-state index in [-0.39, 0.29) is 22.8 Å². The predicted octanol–water partition coefficient (Wildman–Crippen LogP) is 2.06. The van der Waals surface area contributed by atoms with Gasteiger partial charge in [-0.05, 0) is 43.5 Å². The first-order valence-corrected chi connectivity index (χ1v) is 9.22. The van der Waals surface area contributed by atoms with Crippen molar-refractivity contribution in [3.63, 3.8) is 0 Å². The number of hydrogen-bond donors (Lipinski definition) is 1. The molecule has 1 saturated heterocycles. The van der Waals surface area contributed by atoms with E-state index in [9.17, 15) is 17.6 Å². The SMILES string of the molecule is Cc1cc(F)ccc1S(=O)(=O)N1CCC(NC(=O)C(C)C)CC1. The molecule has 1 fully saturated rings. The van der Waals surface area contributed by atoms with Gasteiger partial charge in [-0.15, -0.1) is 0 Å². The van der Waals surface area contributed by atoms with E-state index < -0.39 is 15.8 Å². The quantitative estimate of drug-likeness (QED) is 0.911. The number of amides is 1. The maximum absolute atomic E-state index is 13.2. The van der Waals surface area contributed by atoms with Crippen molar-refractivity contribution in [3.8, 4) is 0 Å². The van der Waals surface area contributed by atoms with E-state index >= 15 is 0 Å². The van der Waals surface area contributed by atoms with Crippen molar-refractivity contribution in [2.75, 3.05) is 13.1 Å². The molecule has 2 rings (SSSR count). The monoisotopic (exact) mass is 342 g/mol. The molecule has 1 N–H and O–H groups in total. The average Bonchev–Trinajstić information content (AvgIpc) is 2.47. The summed E-state index contributed by atoms with van der Waals surface area (Å²) in [6.45, 7) is 5.94. The maximum Gasteiger partial charge on any atom is 0.243 e. The van der Waals surface area contributed by atoms with Crippen molar-refractivity contribution in [3.05, 3.63) is 29.6 Å². The normalized spacial score (nSPS) is 17.4. The highest BCUT2D eigenvalue weighted by Gasteiger charge is 2.31. The number of halogens is 1. The molecule has 7 heteroatoms. The fourth-order valence-electron chi connectivity index (χ4n) is 2.65. The van der Waals surface area contributed by atoms with E-state index in [2.05, 4.69) is 5.32 Å². The molecule has 1 aliphatic rings. The van der Waals surface area contributed by atoms with E-state index in [4.69, 9.17) is 0 Å². The molecule has 1 amide bonds. The summed E-state index contributed by atoms with van der Waals surface area (Å²) in [5.41, 5.74) is 0.403. The van der Waals surface area contributed by atoms with Gasteiger partial charge >= 0.3 is 0 Å². The van der Waals surface area contributed by atoms with Crippen LogP contribution in [-0.4, -0.2) is 37.8 Å². The number of benzene rings is 1. The largest absolute Gasteiger partial charge is 0.353 e. The minimum absolute atomic E-state index is 0.00525. The fourth-order valence-corrected chi connectivity index (χ4v) is 4.33. The van der Waals surface area contributed by atoms with Gasteiger partial charge in [-0.25, -0.2) is 12.8 Å². The molecule has 1 heterocycles. The predicted molar refractivity (Wildman–Crippen MR) is 85.9 cm³/mol. The van der Waals surface area contributed by atoms with E-state index in [0.717, 1.165) is 6.07 Å². The molecule has 23 heavy (non-hydrogen) atoms. The Morgan fingerprint density at radius 2 is 1.91 bits per heavy atom. The summed E-state index contributed by atoms with van der Waals surface area (Å²) in [6.07, 6.45) is 1.16. The first-order valence-electron chi connectivity index (χ1n) is 7.78. The summed E-state index contributed by atoms with van der Waals surface area (Å²) in [4.78, 5) is 11.9. The lowest BCUT2D eigenvalue weighted by molar-refractivity contribution is -0.124. The summed E-state index contributed by atoms with van der Waals surface area (Å²) >= 11 is 0. The van der Waals surface area contributed by atoms with Crippen molar-refractivity contribution in [1.82, 2.24) is 9.62 Å². The van der Waals surface area contributed by atoms with Crippen LogP contribution in [0.15, 0.2) is 23.1 Å². The van der Waals surface area contributed by atoms with Crippen molar-refractivity contribution >= 4 is 15.9 Å². The molecule has 0 spiro atoms. The number of sulfonamides is 1. The Morgan fingerprint density at radius 1 is 1.30 bits per heavy atom. The molecular weight excluding hydrogens is 319 g/mol. The maximum atomic E-state index is 13.2. The van der Waals surface area contributed by atoms with Gasteiger partial charge in [0.25, 0.3) is 0 Å². The first-order chi connectivity index (χ1) is 10.7. The molecule has 0 unspecified atom stereocenters. The molecule has 0 atom stereocenters. The minimum atomic E-state index is -3.62. The lowest BCUT2D eigenvalue weighted by Crippen LogP contribution is -2.47. The van der Waals surface area contributed by atoms with Gasteiger partial charge in [0.15, 0.2) is 0 Å². The zero-order valence-electron chi connectivity index (χ0n) is 13.7. The molecule has 1 aromatic rings. The van der Waals surface area contributed by atoms with E-state index in [1.165, 1.54) is 16.4 Å². The Bertz CT molecular complexity index is 681. The summed E-state index contributed by atoms with van der Waals surface area (Å²) < 4.78 is 39.9. The van der Waals surface area contributed by atoms with Crippen LogP contribution in [0.3, 0.4) is 0 Å². The highest BCUT2D eigenvalue weighted by Crippen LogP contribution is 2.24. The van der Waals surface area contributed by atoms with Crippen molar-refractivity contribution in [1.29, 1.82) is 0 Å². The van der Waals surface area contributed by atoms with Crippen LogP contribution >= 0.6 is 0 Å². The number of nitrogens with one attached hydrogen (secondary N) is 1. The molecule has 0 aromatic heterocycles. The third kappa shape index (κ3) is 4.09. The molecule has 0 bridgehead atoms. The Balaban J connectivity index is 2.05. The van der Waals surface area contributed by atoms with Gasteiger partial charge in [-0.1, -0.05) is 13.8 Å². The fraction of sp³-hybridized carbons (Fsp3) is 0.562. The number of nitrogens with zero attached hydrogens (tertiary/aromatic N) is 1. The second kappa shape index (κ2) is 6.97. The molecule has 1 aromatic carbocycles. The third-order valence-corrected chi connectivity index (χ3v) is 6.14. The van der Waals surface area contributed by atoms with E-state index in [1.54, 1.807) is 6.92 Å². The van der Waals surface area contributed by atoms with Gasteiger partial charge in [0.05, 0.1) is 4.90 Å². The Labute approximate surface area is 136 Å². The van der Waals surface area contributed by atoms with Gasteiger partial charge in [0, 0.05) is 25.0 Å². The van der Waals surface area contributed by atoms with Crippen LogP contribution in [0.2, 0.25) is 0 Å². The summed E-state index contributed by atoms with van der Waals surface area (Å²) in [7, 11) is -3.62. The highest BCUT2D eigenvalue weighted by atomic mass is 32.2. The molecule has 0 aliphatic carbocycles. The molecular formula is C16H23FN2O3S. The number of piperidine rings is 1. The van der Waals surface area contributed by atoms with Crippen molar-refractivity contribution < 1.29 is 17.6 Å². The molecule has 128 valence electrons. The van der Waals surface area contributed by atoms with Gasteiger partial charge < -0.3 is 5.32 Å². The second-order valence-corrected chi connectivity index (χ2v) is 8.16. The zero-order chi connectivity index (χ0) is 17.2. The third-order valence-electron chi connectivity index (χ3n) is 4.08. The molecule has 5 nitrogen and oxygen atoms in total. The van der Waals surface area contributed by atoms with Crippen LogP contribution in [0.5, 0.6) is 0 Å². The topological polar surface area (TPSA) is 66.5 Å². The number of rotatable bonds is 4. The van der Waals surface area contributed by atoms with E-state index in [1.807, 2.05) is 13.8 Å². The summed E-state index contributed by atoms with van der Waals surface area (Å²) in [5, 5.41) is 2.94. The van der Waals surface area contributed by atoms with Crippen LogP contribution in [0.25, 0.3) is 0 Å². The minimum Gasteiger partial charge on any atom is -0.353 e. The van der Waals surface area contributed by atoms with Gasteiger partial charge in [-0.3, -0.25) is 4.79 Å². The number of carbonyl (C=O) groups is 1. The van der Waals surface area contributed by atoms with Crippen LogP contribution in [0.1, 0.15) is 32.3 Å². The summed E-state index contributed by atoms with van der Waals surface area (Å²) in [5.74, 6) is -0.545. The van der Waals surface area contributed by atoms with Crippen LogP contribution in [-0.2, 0) is 14.8 Å². The zero-order valence-corrected chi connectivity index (χ0v) is 14.5. The Kier molecular flexibility index (Phi) is 5.41. The Hall–Kier alpha value is -1.47. The lowest BCUT2D eigenvalue weighted by atomic mass is 10.1. The smallest absolute Gasteiger partial charge is 0.243 e. The second-order valence-electron chi connectivity index (χ2n) is 6.25. The van der Waals surface area contributed by atoms with Crippen molar-refractivity contribution in [2.45, 2.75) is 44.6 Å². The molecule has 0 radical (unpaired) electrons. The highest BCUT2D eigenvalue weighted by molar-refractivity contribution is 7.89. The molecule has 1 aliphatic heterocycles. The van der Waals surface area contributed by atoms with Crippen LogP contribution in [0.4, 0.5) is 4.39 Å². The first kappa shape index (κ1) is 17.9. The number of aryl methyl sites for hydroxylation is 1. The lowest BCUT2D eigenvalue weighted by Gasteiger charge is -2.32. The summed E-state index contributed by atoms with van der Waals surface area (Å²) in [6, 6.07) is 3.70. The number of carbonyl (C=O) groups excluding carboxylic acids is 1. The average molecular weight is 342 g/mol.